The molecular formula is C15H12F3NS. The van der Waals surface area contributed by atoms with Crippen LogP contribution in [0.5, 0.6) is 0 Å². The molecule has 0 saturated carbocycles. The van der Waals surface area contributed by atoms with Crippen molar-refractivity contribution in [2.45, 2.75) is 11.1 Å². The smallest absolute Gasteiger partial charge is 0.399 e. The van der Waals surface area contributed by atoms with Crippen LogP contribution in [0.2, 0.25) is 0 Å². The Kier molecular flexibility index (Phi) is 4.09. The molecule has 5 heteroatoms. The van der Waals surface area contributed by atoms with Crippen LogP contribution in [-0.4, -0.2) is 0 Å². The zero-order chi connectivity index (χ0) is 14.8. The van der Waals surface area contributed by atoms with E-state index < -0.39 is 11.7 Å². The summed E-state index contributed by atoms with van der Waals surface area (Å²) in [5, 5.41) is 0. The number of hydrogen-bond donors (Lipinski definition) is 1. The highest BCUT2D eigenvalue weighted by atomic mass is 32.2. The molecule has 2 aromatic carbocycles. The van der Waals surface area contributed by atoms with E-state index in [1.54, 1.807) is 12.1 Å². The monoisotopic (exact) mass is 295 g/mol. The molecule has 0 aliphatic rings. The lowest BCUT2D eigenvalue weighted by molar-refractivity contribution is -0.137. The molecule has 0 aliphatic carbocycles. The van der Waals surface area contributed by atoms with Gasteiger partial charge in [-0.05, 0) is 42.0 Å². The van der Waals surface area contributed by atoms with Gasteiger partial charge in [-0.3, -0.25) is 0 Å². The first-order valence-corrected chi connectivity index (χ1v) is 6.58. The molecule has 0 saturated heterocycles. The number of nitrogen functional groups attached to an aromatic ring is 1. The molecule has 0 aromatic heterocycles. The summed E-state index contributed by atoms with van der Waals surface area (Å²) in [6.45, 7) is 3.88. The fraction of sp³-hybridized carbons (Fsp3) is 0.0667. The maximum atomic E-state index is 12.5. The predicted molar refractivity (Wildman–Crippen MR) is 77.2 cm³/mol. The zero-order valence-corrected chi connectivity index (χ0v) is 11.3. The van der Waals surface area contributed by atoms with Crippen LogP contribution in [0.15, 0.2) is 60.0 Å². The van der Waals surface area contributed by atoms with Gasteiger partial charge in [-0.1, -0.05) is 30.5 Å². The topological polar surface area (TPSA) is 26.0 Å². The Morgan fingerprint density at radius 1 is 0.950 bits per heavy atom. The van der Waals surface area contributed by atoms with E-state index in [1.807, 2.05) is 12.1 Å². The van der Waals surface area contributed by atoms with Crippen LogP contribution in [0.3, 0.4) is 0 Å². The first kappa shape index (κ1) is 14.5. The Labute approximate surface area is 119 Å². The van der Waals surface area contributed by atoms with Crippen LogP contribution >= 0.6 is 11.8 Å². The average molecular weight is 295 g/mol. The van der Waals surface area contributed by atoms with Crippen LogP contribution in [0.4, 0.5) is 18.9 Å². The van der Waals surface area contributed by atoms with Gasteiger partial charge in [-0.25, -0.2) is 0 Å². The number of halogens is 3. The summed E-state index contributed by atoms with van der Waals surface area (Å²) in [5.74, 6) is 0. The molecule has 2 rings (SSSR count). The summed E-state index contributed by atoms with van der Waals surface area (Å²) in [6, 6.07) is 12.2. The van der Waals surface area contributed by atoms with Crippen LogP contribution in [0.25, 0.3) is 4.91 Å². The fourth-order valence-corrected chi connectivity index (χ4v) is 2.39. The second-order valence-corrected chi connectivity index (χ2v) is 5.34. The predicted octanol–water partition coefficient (Wildman–Crippen LogP) is 5.05. The van der Waals surface area contributed by atoms with Crippen LogP contribution < -0.4 is 5.73 Å². The van der Waals surface area contributed by atoms with Crippen molar-refractivity contribution in [2.24, 2.45) is 0 Å². The van der Waals surface area contributed by atoms with Gasteiger partial charge >= 0.3 is 6.18 Å². The van der Waals surface area contributed by atoms with Crippen molar-refractivity contribution in [3.8, 4) is 0 Å². The Balaban J connectivity index is 2.11. The van der Waals surface area contributed by atoms with E-state index in [4.69, 9.17) is 5.73 Å². The summed E-state index contributed by atoms with van der Waals surface area (Å²) >= 11 is 1.39. The summed E-state index contributed by atoms with van der Waals surface area (Å²) in [7, 11) is 0. The number of thioether (sulfide) groups is 1. The van der Waals surface area contributed by atoms with E-state index in [1.165, 1.54) is 23.9 Å². The van der Waals surface area contributed by atoms with Crippen molar-refractivity contribution in [3.63, 3.8) is 0 Å². The lowest BCUT2D eigenvalue weighted by atomic mass is 10.1. The molecule has 2 aromatic rings. The van der Waals surface area contributed by atoms with Crippen molar-refractivity contribution in [1.29, 1.82) is 0 Å². The van der Waals surface area contributed by atoms with Gasteiger partial charge in [0.05, 0.1) is 5.56 Å². The maximum absolute atomic E-state index is 12.5. The minimum absolute atomic E-state index is 0.661. The second-order valence-electron chi connectivity index (χ2n) is 4.17. The zero-order valence-electron chi connectivity index (χ0n) is 10.4. The quantitative estimate of drug-likeness (QED) is 0.633. The molecule has 0 spiro atoms. The molecule has 0 unspecified atom stereocenters. The van der Waals surface area contributed by atoms with E-state index in [0.29, 0.717) is 16.2 Å². The Hall–Kier alpha value is -1.88. The number of nitrogens with two attached hydrogens (primary N) is 1. The third-order valence-corrected chi connectivity index (χ3v) is 3.65. The highest BCUT2D eigenvalue weighted by molar-refractivity contribution is 8.08. The van der Waals surface area contributed by atoms with Crippen molar-refractivity contribution < 1.29 is 13.2 Å². The van der Waals surface area contributed by atoms with Crippen molar-refractivity contribution in [3.05, 3.63) is 66.2 Å². The molecule has 2 N–H and O–H groups in total. The standard InChI is InChI=1S/C15H12F3NS/c1-10(20-14-8-6-13(19)7-9-14)11-2-4-12(5-3-11)15(16,17)18/h2-9H,1,19H2. The van der Waals surface area contributed by atoms with Crippen molar-refractivity contribution in [1.82, 2.24) is 0 Å². The second kappa shape index (κ2) is 5.63. The van der Waals surface area contributed by atoms with Gasteiger partial charge < -0.3 is 5.73 Å². The third kappa shape index (κ3) is 3.57. The average Bonchev–Trinajstić information content (AvgIpc) is 2.40. The van der Waals surface area contributed by atoms with Gasteiger partial charge in [-0.15, -0.1) is 0 Å². The molecule has 0 atom stereocenters. The number of benzene rings is 2. The number of hydrogen-bond acceptors (Lipinski definition) is 2. The Morgan fingerprint density at radius 2 is 1.50 bits per heavy atom. The molecule has 0 fully saturated rings. The van der Waals surface area contributed by atoms with E-state index in [9.17, 15) is 13.2 Å². The molecule has 20 heavy (non-hydrogen) atoms. The minimum atomic E-state index is -4.32. The van der Waals surface area contributed by atoms with E-state index in [-0.39, 0.29) is 0 Å². The van der Waals surface area contributed by atoms with E-state index in [0.717, 1.165) is 17.0 Å². The lowest BCUT2D eigenvalue weighted by Crippen LogP contribution is -2.04. The molecule has 0 bridgehead atoms. The van der Waals surface area contributed by atoms with Gasteiger partial charge in [0.1, 0.15) is 0 Å². The van der Waals surface area contributed by atoms with Gasteiger partial charge in [0.25, 0.3) is 0 Å². The van der Waals surface area contributed by atoms with Crippen molar-refractivity contribution in [2.75, 3.05) is 5.73 Å². The molecule has 0 amide bonds. The van der Waals surface area contributed by atoms with E-state index in [2.05, 4.69) is 6.58 Å². The Morgan fingerprint density at radius 3 is 2.00 bits per heavy atom. The first-order chi connectivity index (χ1) is 9.36. The molecule has 104 valence electrons. The minimum Gasteiger partial charge on any atom is -0.399 e. The highest BCUT2D eigenvalue weighted by Crippen LogP contribution is 2.35. The van der Waals surface area contributed by atoms with Gasteiger partial charge in [0, 0.05) is 15.5 Å². The van der Waals surface area contributed by atoms with Gasteiger partial charge in [0.2, 0.25) is 0 Å². The largest absolute Gasteiger partial charge is 0.416 e. The number of rotatable bonds is 3. The summed E-state index contributed by atoms with van der Waals surface area (Å²) in [6.07, 6.45) is -4.32. The third-order valence-electron chi connectivity index (χ3n) is 2.66. The summed E-state index contributed by atoms with van der Waals surface area (Å²) in [5.41, 5.74) is 6.26. The van der Waals surface area contributed by atoms with Crippen molar-refractivity contribution >= 4 is 22.4 Å². The highest BCUT2D eigenvalue weighted by Gasteiger charge is 2.29. The first-order valence-electron chi connectivity index (χ1n) is 5.76. The summed E-state index contributed by atoms with van der Waals surface area (Å²) in [4.78, 5) is 1.62. The molecule has 0 radical (unpaired) electrons. The van der Waals surface area contributed by atoms with Crippen LogP contribution in [0, 0.1) is 0 Å². The summed E-state index contributed by atoms with van der Waals surface area (Å²) < 4.78 is 37.4. The Bertz CT molecular complexity index is 601. The molecule has 1 nitrogen and oxygen atoms in total. The molecule has 0 heterocycles. The van der Waals surface area contributed by atoms with E-state index >= 15 is 0 Å². The number of alkyl halides is 3. The normalized spacial score (nSPS) is 11.3. The molecular weight excluding hydrogens is 283 g/mol. The van der Waals surface area contributed by atoms with Gasteiger partial charge in [-0.2, -0.15) is 13.2 Å². The molecule has 0 aliphatic heterocycles. The fourth-order valence-electron chi connectivity index (χ4n) is 1.58. The number of anilines is 1. The van der Waals surface area contributed by atoms with Crippen LogP contribution in [0.1, 0.15) is 11.1 Å². The maximum Gasteiger partial charge on any atom is 0.416 e. The van der Waals surface area contributed by atoms with Gasteiger partial charge in [0.15, 0.2) is 0 Å². The SMILES string of the molecule is C=C(Sc1ccc(N)cc1)c1ccc(C(F)(F)F)cc1. The lowest BCUT2D eigenvalue weighted by Gasteiger charge is -2.09. The van der Waals surface area contributed by atoms with Crippen LogP contribution in [-0.2, 0) is 6.18 Å².